The van der Waals surface area contributed by atoms with Crippen LogP contribution in [0.5, 0.6) is 0 Å². The van der Waals surface area contributed by atoms with Gasteiger partial charge in [0.2, 0.25) is 5.89 Å². The molecule has 5 heteroatoms. The number of hydrogen-bond donors (Lipinski definition) is 0. The fraction of sp³-hybridized carbons (Fsp3) is 0.357. The Morgan fingerprint density at radius 1 is 1.16 bits per heavy atom. The van der Waals surface area contributed by atoms with Gasteiger partial charge in [-0.25, -0.2) is 0 Å². The number of hydrogen-bond acceptors (Lipinski definition) is 4. The van der Waals surface area contributed by atoms with E-state index in [2.05, 4.69) is 10.2 Å². The maximum atomic E-state index is 12.0. The Kier molecular flexibility index (Phi) is 3.27. The quantitative estimate of drug-likeness (QED) is 0.842. The molecule has 0 N–H and O–H groups in total. The molecule has 1 aliphatic heterocycles. The normalized spacial score (nSPS) is 14.8. The molecule has 5 nitrogen and oxygen atoms in total. The van der Waals surface area contributed by atoms with Gasteiger partial charge in [0.05, 0.1) is 6.42 Å². The van der Waals surface area contributed by atoms with Gasteiger partial charge in [-0.3, -0.25) is 4.79 Å². The van der Waals surface area contributed by atoms with Gasteiger partial charge in [0.1, 0.15) is 0 Å². The summed E-state index contributed by atoms with van der Waals surface area (Å²) in [7, 11) is 0. The Bertz CT molecular complexity index is 559. The van der Waals surface area contributed by atoms with E-state index in [-0.39, 0.29) is 11.8 Å². The summed E-state index contributed by atoms with van der Waals surface area (Å²) in [6.07, 6.45) is 2.66. The molecule has 2 heterocycles. The van der Waals surface area contributed by atoms with Crippen molar-refractivity contribution in [1.29, 1.82) is 0 Å². The predicted molar refractivity (Wildman–Crippen MR) is 68.7 cm³/mol. The molecule has 1 aromatic heterocycles. The lowest BCUT2D eigenvalue weighted by molar-refractivity contribution is 0.0751. The van der Waals surface area contributed by atoms with E-state index < -0.39 is 0 Å². The largest absolute Gasteiger partial charge is 0.417 e. The van der Waals surface area contributed by atoms with E-state index in [1.165, 1.54) is 0 Å². The number of rotatable bonds is 3. The van der Waals surface area contributed by atoms with Gasteiger partial charge in [-0.15, -0.1) is 10.2 Å². The van der Waals surface area contributed by atoms with Crippen molar-refractivity contribution in [2.75, 3.05) is 13.1 Å². The van der Waals surface area contributed by atoms with Crippen LogP contribution in [0.25, 0.3) is 0 Å². The first kappa shape index (κ1) is 11.9. The monoisotopic (exact) mass is 257 g/mol. The Morgan fingerprint density at radius 3 is 2.63 bits per heavy atom. The minimum Gasteiger partial charge on any atom is -0.417 e. The molecule has 1 aromatic carbocycles. The number of likely N-dealkylation sites (tertiary alicyclic amines) is 1. The van der Waals surface area contributed by atoms with Gasteiger partial charge in [0.15, 0.2) is 0 Å². The lowest BCUT2D eigenvalue weighted by Crippen LogP contribution is -2.27. The van der Waals surface area contributed by atoms with E-state index in [0.717, 1.165) is 31.5 Å². The summed E-state index contributed by atoms with van der Waals surface area (Å²) in [5.74, 6) is 0.436. The third-order valence-electron chi connectivity index (χ3n) is 3.24. The molecule has 98 valence electrons. The number of benzene rings is 1. The average molecular weight is 257 g/mol. The number of carbonyl (C=O) groups is 1. The van der Waals surface area contributed by atoms with Crippen molar-refractivity contribution in [3.05, 3.63) is 47.7 Å². The molecule has 1 fully saturated rings. The summed E-state index contributed by atoms with van der Waals surface area (Å²) in [6, 6.07) is 9.86. The summed E-state index contributed by atoms with van der Waals surface area (Å²) < 4.78 is 5.45. The van der Waals surface area contributed by atoms with Crippen LogP contribution in [0.4, 0.5) is 0 Å². The van der Waals surface area contributed by atoms with Crippen LogP contribution in [0.1, 0.15) is 35.0 Å². The van der Waals surface area contributed by atoms with Crippen molar-refractivity contribution in [3.8, 4) is 0 Å². The zero-order valence-corrected chi connectivity index (χ0v) is 10.6. The van der Waals surface area contributed by atoms with Crippen LogP contribution in [-0.4, -0.2) is 34.1 Å². The highest BCUT2D eigenvalue weighted by atomic mass is 16.4. The molecule has 0 saturated carbocycles. The molecule has 1 aliphatic rings. The summed E-state index contributed by atoms with van der Waals surface area (Å²) in [6.45, 7) is 1.57. The smallest absolute Gasteiger partial charge is 0.311 e. The first-order valence-corrected chi connectivity index (χ1v) is 6.48. The molecular weight excluding hydrogens is 242 g/mol. The Balaban J connectivity index is 1.71. The van der Waals surface area contributed by atoms with Gasteiger partial charge in [-0.1, -0.05) is 30.3 Å². The second kappa shape index (κ2) is 5.22. The van der Waals surface area contributed by atoms with Gasteiger partial charge in [-0.2, -0.15) is 0 Å². The van der Waals surface area contributed by atoms with Crippen molar-refractivity contribution in [1.82, 2.24) is 15.1 Å². The van der Waals surface area contributed by atoms with Crippen LogP contribution in [0.15, 0.2) is 34.7 Å². The van der Waals surface area contributed by atoms with Crippen molar-refractivity contribution in [3.63, 3.8) is 0 Å². The second-order valence-corrected chi connectivity index (χ2v) is 4.66. The van der Waals surface area contributed by atoms with E-state index in [0.29, 0.717) is 12.3 Å². The van der Waals surface area contributed by atoms with Crippen molar-refractivity contribution >= 4 is 5.91 Å². The van der Waals surface area contributed by atoms with Crippen LogP contribution in [0, 0.1) is 0 Å². The van der Waals surface area contributed by atoms with Crippen molar-refractivity contribution in [2.45, 2.75) is 19.3 Å². The maximum Gasteiger partial charge on any atom is 0.311 e. The molecule has 0 aliphatic carbocycles. The standard InChI is InChI=1S/C14H15N3O2/c18-14(17-8-4-5-9-17)13-16-15-12(19-13)10-11-6-2-1-3-7-11/h1-3,6-7H,4-5,8-10H2. The minimum absolute atomic E-state index is 0.104. The van der Waals surface area contributed by atoms with Gasteiger partial charge >= 0.3 is 11.8 Å². The summed E-state index contributed by atoms with van der Waals surface area (Å²) >= 11 is 0. The highest BCUT2D eigenvalue weighted by Gasteiger charge is 2.24. The van der Waals surface area contributed by atoms with Crippen LogP contribution >= 0.6 is 0 Å². The zero-order valence-electron chi connectivity index (χ0n) is 10.6. The highest BCUT2D eigenvalue weighted by molar-refractivity contribution is 5.89. The molecule has 19 heavy (non-hydrogen) atoms. The SMILES string of the molecule is O=C(c1nnc(Cc2ccccc2)o1)N1CCCC1. The van der Waals surface area contributed by atoms with Gasteiger partial charge in [0.25, 0.3) is 0 Å². The number of nitrogens with zero attached hydrogens (tertiary/aromatic N) is 3. The molecular formula is C14H15N3O2. The molecule has 0 atom stereocenters. The number of amides is 1. The van der Waals surface area contributed by atoms with Crippen molar-refractivity contribution in [2.24, 2.45) is 0 Å². The van der Waals surface area contributed by atoms with E-state index in [1.807, 2.05) is 30.3 Å². The number of carbonyl (C=O) groups excluding carboxylic acids is 1. The van der Waals surface area contributed by atoms with Crippen LogP contribution < -0.4 is 0 Å². The Morgan fingerprint density at radius 2 is 1.89 bits per heavy atom. The first-order valence-electron chi connectivity index (χ1n) is 6.48. The fourth-order valence-corrected chi connectivity index (χ4v) is 2.24. The van der Waals surface area contributed by atoms with E-state index >= 15 is 0 Å². The molecule has 1 saturated heterocycles. The molecule has 1 amide bonds. The van der Waals surface area contributed by atoms with Crippen LogP contribution in [0.3, 0.4) is 0 Å². The second-order valence-electron chi connectivity index (χ2n) is 4.66. The molecule has 2 aromatic rings. The predicted octanol–water partition coefficient (Wildman–Crippen LogP) is 1.90. The van der Waals surface area contributed by atoms with Gasteiger partial charge in [-0.05, 0) is 18.4 Å². The summed E-state index contributed by atoms with van der Waals surface area (Å²) in [5, 5.41) is 7.79. The van der Waals surface area contributed by atoms with Crippen LogP contribution in [0.2, 0.25) is 0 Å². The molecule has 0 bridgehead atoms. The summed E-state index contributed by atoms with van der Waals surface area (Å²) in [4.78, 5) is 13.8. The van der Waals surface area contributed by atoms with E-state index in [1.54, 1.807) is 4.90 Å². The van der Waals surface area contributed by atoms with E-state index in [4.69, 9.17) is 4.42 Å². The Hall–Kier alpha value is -2.17. The third kappa shape index (κ3) is 2.65. The fourth-order valence-electron chi connectivity index (χ4n) is 2.24. The lowest BCUT2D eigenvalue weighted by Gasteiger charge is -2.11. The molecule has 0 radical (unpaired) electrons. The van der Waals surface area contributed by atoms with Crippen molar-refractivity contribution < 1.29 is 9.21 Å². The lowest BCUT2D eigenvalue weighted by atomic mass is 10.2. The minimum atomic E-state index is -0.149. The Labute approximate surface area is 111 Å². The average Bonchev–Trinajstić information content (AvgIpc) is 3.10. The topological polar surface area (TPSA) is 59.2 Å². The summed E-state index contributed by atoms with van der Waals surface area (Å²) in [5.41, 5.74) is 1.09. The highest BCUT2D eigenvalue weighted by Crippen LogP contribution is 2.13. The van der Waals surface area contributed by atoms with E-state index in [9.17, 15) is 4.79 Å². The van der Waals surface area contributed by atoms with Gasteiger partial charge < -0.3 is 9.32 Å². The number of aromatic nitrogens is 2. The first-order chi connectivity index (χ1) is 9.33. The third-order valence-corrected chi connectivity index (χ3v) is 3.24. The maximum absolute atomic E-state index is 12.0. The molecule has 0 spiro atoms. The van der Waals surface area contributed by atoms with Crippen LogP contribution in [-0.2, 0) is 6.42 Å². The molecule has 0 unspecified atom stereocenters. The molecule has 3 rings (SSSR count). The van der Waals surface area contributed by atoms with Gasteiger partial charge in [0, 0.05) is 13.1 Å². The zero-order chi connectivity index (χ0) is 13.1.